The van der Waals surface area contributed by atoms with Crippen LogP contribution in [0.1, 0.15) is 11.3 Å². The number of nitrogens with two attached hydrogens (primary N) is 1. The van der Waals surface area contributed by atoms with Crippen LogP contribution in [0.15, 0.2) is 48.5 Å². The molecule has 1 aromatic heterocycles. The number of fused-ring (bicyclic) bond motifs is 1. The highest BCUT2D eigenvalue weighted by Crippen LogP contribution is 2.17. The maximum absolute atomic E-state index is 5.65. The van der Waals surface area contributed by atoms with Gasteiger partial charge in [-0.1, -0.05) is 36.4 Å². The lowest BCUT2D eigenvalue weighted by Gasteiger charge is -1.94. The number of nitrogens with one attached hydrogen (secondary N) is 1. The molecule has 0 spiro atoms. The van der Waals surface area contributed by atoms with Crippen LogP contribution in [0, 0.1) is 0 Å². The Balaban J connectivity index is 1.94. The number of aromatic nitrogens is 2. The molecule has 18 heavy (non-hydrogen) atoms. The average molecular weight is 235 g/mol. The molecular formula is C15H13N3. The Morgan fingerprint density at radius 2 is 1.72 bits per heavy atom. The van der Waals surface area contributed by atoms with E-state index in [0.717, 1.165) is 27.8 Å². The lowest BCUT2D eigenvalue weighted by molar-refractivity contribution is 1.11. The van der Waals surface area contributed by atoms with Crippen molar-refractivity contribution in [3.63, 3.8) is 0 Å². The predicted molar refractivity (Wildman–Crippen MR) is 75.9 cm³/mol. The molecule has 0 radical (unpaired) electrons. The van der Waals surface area contributed by atoms with Crippen molar-refractivity contribution in [2.45, 2.75) is 0 Å². The minimum absolute atomic E-state index is 0.775. The van der Waals surface area contributed by atoms with Crippen LogP contribution in [-0.2, 0) is 0 Å². The number of anilines is 1. The van der Waals surface area contributed by atoms with Gasteiger partial charge in [0.2, 0.25) is 0 Å². The number of benzene rings is 2. The van der Waals surface area contributed by atoms with Gasteiger partial charge < -0.3 is 5.73 Å². The van der Waals surface area contributed by atoms with E-state index in [1.807, 2.05) is 54.6 Å². The van der Waals surface area contributed by atoms with Gasteiger partial charge in [0, 0.05) is 11.1 Å². The van der Waals surface area contributed by atoms with E-state index < -0.39 is 0 Å². The Bertz CT molecular complexity index is 693. The number of H-pyrrole nitrogens is 1. The molecule has 3 aromatic rings. The monoisotopic (exact) mass is 235 g/mol. The second-order valence-corrected chi connectivity index (χ2v) is 4.15. The molecule has 0 aliphatic rings. The smallest absolute Gasteiger partial charge is 0.0927 e. The molecule has 1 heterocycles. The third-order valence-electron chi connectivity index (χ3n) is 2.87. The van der Waals surface area contributed by atoms with Gasteiger partial charge in [0.05, 0.1) is 11.2 Å². The van der Waals surface area contributed by atoms with Crippen LogP contribution in [0.25, 0.3) is 23.1 Å². The second kappa shape index (κ2) is 4.37. The quantitative estimate of drug-likeness (QED) is 0.669. The summed E-state index contributed by atoms with van der Waals surface area (Å²) in [6.45, 7) is 0. The summed E-state index contributed by atoms with van der Waals surface area (Å²) < 4.78 is 0. The number of para-hydroxylation sites is 1. The summed E-state index contributed by atoms with van der Waals surface area (Å²) in [6.07, 6.45) is 4.03. The zero-order valence-electron chi connectivity index (χ0n) is 9.80. The number of hydrogen-bond acceptors (Lipinski definition) is 2. The van der Waals surface area contributed by atoms with E-state index in [-0.39, 0.29) is 0 Å². The first-order valence-electron chi connectivity index (χ1n) is 5.80. The maximum Gasteiger partial charge on any atom is 0.0927 e. The molecule has 0 saturated carbocycles. The minimum atomic E-state index is 0.775. The molecule has 3 nitrogen and oxygen atoms in total. The van der Waals surface area contributed by atoms with E-state index in [9.17, 15) is 0 Å². The van der Waals surface area contributed by atoms with Gasteiger partial charge in [0.15, 0.2) is 0 Å². The molecule has 0 atom stereocenters. The molecule has 0 fully saturated rings. The van der Waals surface area contributed by atoms with Gasteiger partial charge in [0.25, 0.3) is 0 Å². The lowest BCUT2D eigenvalue weighted by Crippen LogP contribution is -1.82. The Hall–Kier alpha value is -2.55. The van der Waals surface area contributed by atoms with Crippen molar-refractivity contribution >= 4 is 28.7 Å². The standard InChI is InChI=1S/C15H13N3/c16-12-8-5-11(6-9-12)7-10-15-13-3-1-2-4-14(13)17-18-15/h1-10H,16H2,(H,17,18)/b10-7+. The average Bonchev–Trinajstić information content (AvgIpc) is 2.82. The highest BCUT2D eigenvalue weighted by molar-refractivity contribution is 5.89. The van der Waals surface area contributed by atoms with Crippen molar-refractivity contribution in [1.82, 2.24) is 10.2 Å². The zero-order valence-corrected chi connectivity index (χ0v) is 9.80. The fraction of sp³-hybridized carbons (Fsp3) is 0. The summed E-state index contributed by atoms with van der Waals surface area (Å²) in [6, 6.07) is 15.8. The van der Waals surface area contributed by atoms with Gasteiger partial charge in [-0.15, -0.1) is 0 Å². The summed E-state index contributed by atoms with van der Waals surface area (Å²) in [4.78, 5) is 0. The number of hydrogen-bond donors (Lipinski definition) is 2. The largest absolute Gasteiger partial charge is 0.399 e. The van der Waals surface area contributed by atoms with Crippen molar-refractivity contribution in [2.24, 2.45) is 0 Å². The van der Waals surface area contributed by atoms with E-state index in [2.05, 4.69) is 16.3 Å². The first-order chi connectivity index (χ1) is 8.83. The van der Waals surface area contributed by atoms with E-state index in [0.29, 0.717) is 0 Å². The summed E-state index contributed by atoms with van der Waals surface area (Å²) in [5.41, 5.74) is 9.53. The van der Waals surface area contributed by atoms with Gasteiger partial charge in [-0.25, -0.2) is 0 Å². The molecule has 0 aliphatic heterocycles. The van der Waals surface area contributed by atoms with E-state index in [1.54, 1.807) is 0 Å². The highest BCUT2D eigenvalue weighted by Gasteiger charge is 2.00. The number of rotatable bonds is 2. The van der Waals surface area contributed by atoms with E-state index in [4.69, 9.17) is 5.73 Å². The summed E-state index contributed by atoms with van der Waals surface area (Å²) in [5.74, 6) is 0. The number of nitrogen functional groups attached to an aromatic ring is 1. The molecular weight excluding hydrogens is 222 g/mol. The Morgan fingerprint density at radius 3 is 2.56 bits per heavy atom. The highest BCUT2D eigenvalue weighted by atomic mass is 15.1. The van der Waals surface area contributed by atoms with Crippen LogP contribution < -0.4 is 5.73 Å². The Labute approximate surface area is 105 Å². The zero-order chi connectivity index (χ0) is 12.4. The first kappa shape index (κ1) is 10.6. The Kier molecular flexibility index (Phi) is 2.57. The minimum Gasteiger partial charge on any atom is -0.399 e. The maximum atomic E-state index is 5.65. The van der Waals surface area contributed by atoms with Crippen molar-refractivity contribution in [3.05, 3.63) is 59.8 Å². The molecule has 0 bridgehead atoms. The van der Waals surface area contributed by atoms with Crippen molar-refractivity contribution in [1.29, 1.82) is 0 Å². The molecule has 0 amide bonds. The predicted octanol–water partition coefficient (Wildman–Crippen LogP) is 3.32. The third kappa shape index (κ3) is 1.98. The van der Waals surface area contributed by atoms with Crippen molar-refractivity contribution < 1.29 is 0 Å². The molecule has 2 aromatic carbocycles. The van der Waals surface area contributed by atoms with E-state index in [1.165, 1.54) is 0 Å². The summed E-state index contributed by atoms with van der Waals surface area (Å²) in [5, 5.41) is 8.43. The summed E-state index contributed by atoms with van der Waals surface area (Å²) in [7, 11) is 0. The van der Waals surface area contributed by atoms with Gasteiger partial charge >= 0.3 is 0 Å². The molecule has 0 unspecified atom stereocenters. The van der Waals surface area contributed by atoms with Crippen LogP contribution in [0.5, 0.6) is 0 Å². The van der Waals surface area contributed by atoms with Crippen LogP contribution in [0.3, 0.4) is 0 Å². The van der Waals surface area contributed by atoms with Crippen LogP contribution in [0.4, 0.5) is 5.69 Å². The molecule has 3 rings (SSSR count). The lowest BCUT2D eigenvalue weighted by atomic mass is 10.1. The molecule has 3 N–H and O–H groups in total. The van der Waals surface area contributed by atoms with Crippen LogP contribution in [0.2, 0.25) is 0 Å². The molecule has 0 aliphatic carbocycles. The fourth-order valence-electron chi connectivity index (χ4n) is 1.89. The Morgan fingerprint density at radius 1 is 0.944 bits per heavy atom. The normalized spacial score (nSPS) is 11.3. The fourth-order valence-corrected chi connectivity index (χ4v) is 1.89. The second-order valence-electron chi connectivity index (χ2n) is 4.15. The third-order valence-corrected chi connectivity index (χ3v) is 2.87. The van der Waals surface area contributed by atoms with Gasteiger partial charge in [0.1, 0.15) is 0 Å². The SMILES string of the molecule is Nc1ccc(/C=C/c2n[nH]c3ccccc23)cc1. The van der Waals surface area contributed by atoms with Crippen LogP contribution >= 0.6 is 0 Å². The summed E-state index contributed by atoms with van der Waals surface area (Å²) >= 11 is 0. The van der Waals surface area contributed by atoms with Crippen molar-refractivity contribution in [2.75, 3.05) is 5.73 Å². The van der Waals surface area contributed by atoms with Crippen molar-refractivity contribution in [3.8, 4) is 0 Å². The van der Waals surface area contributed by atoms with Gasteiger partial charge in [-0.3, -0.25) is 5.10 Å². The first-order valence-corrected chi connectivity index (χ1v) is 5.80. The van der Waals surface area contributed by atoms with Gasteiger partial charge in [-0.05, 0) is 29.8 Å². The number of aromatic amines is 1. The molecule has 0 saturated heterocycles. The molecule has 3 heteroatoms. The number of nitrogens with zero attached hydrogens (tertiary/aromatic N) is 1. The molecule has 88 valence electrons. The van der Waals surface area contributed by atoms with Gasteiger partial charge in [-0.2, -0.15) is 5.10 Å². The van der Waals surface area contributed by atoms with E-state index >= 15 is 0 Å². The topological polar surface area (TPSA) is 54.7 Å². The van der Waals surface area contributed by atoms with Crippen LogP contribution in [-0.4, -0.2) is 10.2 Å².